The molecule has 0 saturated heterocycles. The summed E-state index contributed by atoms with van der Waals surface area (Å²) >= 11 is 1.31. The fourth-order valence-electron chi connectivity index (χ4n) is 2.73. The lowest BCUT2D eigenvalue weighted by Gasteiger charge is -2.14. The van der Waals surface area contributed by atoms with Crippen molar-refractivity contribution in [3.05, 3.63) is 81.9 Å². The van der Waals surface area contributed by atoms with Gasteiger partial charge in [0.1, 0.15) is 5.75 Å². The number of nitrogens with two attached hydrogens (primary N) is 1. The molecule has 1 amide bonds. The zero-order valence-electron chi connectivity index (χ0n) is 15.8. The Labute approximate surface area is 172 Å². The van der Waals surface area contributed by atoms with Crippen LogP contribution in [0.2, 0.25) is 0 Å². The van der Waals surface area contributed by atoms with Gasteiger partial charge in [0.05, 0.1) is 23.3 Å². The number of methoxy groups -OCH3 is 1. The van der Waals surface area contributed by atoms with Gasteiger partial charge in [0.15, 0.2) is 0 Å². The van der Waals surface area contributed by atoms with Crippen molar-refractivity contribution in [1.82, 2.24) is 0 Å². The van der Waals surface area contributed by atoms with Crippen LogP contribution in [0.1, 0.15) is 15.9 Å². The summed E-state index contributed by atoms with van der Waals surface area (Å²) in [6, 6.07) is 16.8. The molecule has 0 fully saturated rings. The molecule has 0 aliphatic rings. The Morgan fingerprint density at radius 1 is 1.14 bits per heavy atom. The summed E-state index contributed by atoms with van der Waals surface area (Å²) in [5, 5.41) is 13.7. The molecule has 29 heavy (non-hydrogen) atoms. The van der Waals surface area contributed by atoms with Gasteiger partial charge in [0, 0.05) is 27.6 Å². The predicted octanol–water partition coefficient (Wildman–Crippen LogP) is 4.90. The van der Waals surface area contributed by atoms with Gasteiger partial charge in [-0.05, 0) is 48.9 Å². The van der Waals surface area contributed by atoms with Crippen LogP contribution in [0.15, 0.2) is 70.5 Å². The first-order valence-corrected chi connectivity index (χ1v) is 9.47. The molecular weight excluding hydrogens is 390 g/mol. The van der Waals surface area contributed by atoms with Crippen LogP contribution in [0.25, 0.3) is 0 Å². The van der Waals surface area contributed by atoms with Crippen LogP contribution in [0, 0.1) is 17.0 Å². The van der Waals surface area contributed by atoms with Crippen LogP contribution in [-0.2, 0) is 0 Å². The summed E-state index contributed by atoms with van der Waals surface area (Å²) in [7, 11) is 1.54. The zero-order chi connectivity index (χ0) is 21.0. The van der Waals surface area contributed by atoms with Crippen molar-refractivity contribution in [1.29, 1.82) is 0 Å². The topological polar surface area (TPSA) is 107 Å². The minimum Gasteiger partial charge on any atom is -0.495 e. The molecule has 3 aromatic rings. The van der Waals surface area contributed by atoms with Gasteiger partial charge in [0.2, 0.25) is 0 Å². The minimum absolute atomic E-state index is 0.00589. The molecule has 3 rings (SSSR count). The number of ether oxygens (including phenoxy) is 1. The van der Waals surface area contributed by atoms with Crippen molar-refractivity contribution in [2.75, 3.05) is 18.2 Å². The molecular formula is C21H19N3O4S. The van der Waals surface area contributed by atoms with Crippen LogP contribution < -0.4 is 15.8 Å². The number of aryl methyl sites for hydroxylation is 1. The van der Waals surface area contributed by atoms with E-state index in [2.05, 4.69) is 5.32 Å². The highest BCUT2D eigenvalue weighted by molar-refractivity contribution is 7.99. The third-order valence-electron chi connectivity index (χ3n) is 4.17. The summed E-state index contributed by atoms with van der Waals surface area (Å²) in [4.78, 5) is 24.8. The summed E-state index contributed by atoms with van der Waals surface area (Å²) in [6.45, 7) is 1.93. The number of carbonyl (C=O) groups excluding carboxylic acids is 1. The molecule has 0 aliphatic carbocycles. The number of hydrogen-bond acceptors (Lipinski definition) is 6. The van der Waals surface area contributed by atoms with Gasteiger partial charge in [-0.25, -0.2) is 0 Å². The number of nitrogens with zero attached hydrogens (tertiary/aromatic N) is 1. The molecule has 0 aromatic heterocycles. The Morgan fingerprint density at radius 2 is 1.86 bits per heavy atom. The number of hydrogen-bond donors (Lipinski definition) is 2. The molecule has 0 unspecified atom stereocenters. The molecule has 0 spiro atoms. The third kappa shape index (κ3) is 4.67. The second kappa shape index (κ2) is 8.66. The lowest BCUT2D eigenvalue weighted by atomic mass is 10.1. The van der Waals surface area contributed by atoms with E-state index in [1.807, 2.05) is 19.1 Å². The molecule has 8 heteroatoms. The number of nitrogen functional groups attached to an aromatic ring is 1. The van der Waals surface area contributed by atoms with Crippen molar-refractivity contribution in [2.24, 2.45) is 0 Å². The number of amides is 1. The molecule has 148 valence electrons. The number of anilines is 2. The molecule has 7 nitrogen and oxygen atoms in total. The lowest BCUT2D eigenvalue weighted by Crippen LogP contribution is -2.16. The molecule has 0 bridgehead atoms. The van der Waals surface area contributed by atoms with E-state index in [4.69, 9.17) is 10.5 Å². The van der Waals surface area contributed by atoms with E-state index in [-0.39, 0.29) is 11.6 Å². The standard InChI is InChI=1S/C21H19N3O4S/c1-13-6-11-17(18(12-13)28-2)23-21(25)20-16(22)4-3-5-19(20)29-15-9-7-14(8-10-15)24(26)27/h3-12H,22H2,1-2H3,(H,23,25). The van der Waals surface area contributed by atoms with Crippen LogP contribution >= 0.6 is 11.8 Å². The molecule has 0 aliphatic heterocycles. The maximum atomic E-state index is 13.0. The highest BCUT2D eigenvalue weighted by Gasteiger charge is 2.18. The maximum Gasteiger partial charge on any atom is 0.269 e. The molecule has 0 atom stereocenters. The highest BCUT2D eigenvalue weighted by Crippen LogP contribution is 2.35. The number of benzene rings is 3. The Hall–Kier alpha value is -3.52. The van der Waals surface area contributed by atoms with Crippen LogP contribution in [-0.4, -0.2) is 17.9 Å². The Bertz CT molecular complexity index is 1070. The van der Waals surface area contributed by atoms with Crippen molar-refractivity contribution in [2.45, 2.75) is 16.7 Å². The molecule has 0 heterocycles. The van der Waals surface area contributed by atoms with Gasteiger partial charge in [-0.3, -0.25) is 14.9 Å². The zero-order valence-corrected chi connectivity index (χ0v) is 16.7. The first kappa shape index (κ1) is 20.2. The Balaban J connectivity index is 1.90. The number of non-ortho nitro benzene ring substituents is 1. The number of nitro benzene ring substituents is 1. The van der Waals surface area contributed by atoms with Gasteiger partial charge in [-0.15, -0.1) is 0 Å². The van der Waals surface area contributed by atoms with E-state index in [0.29, 0.717) is 27.6 Å². The Kier molecular flexibility index (Phi) is 6.04. The van der Waals surface area contributed by atoms with E-state index in [9.17, 15) is 14.9 Å². The maximum absolute atomic E-state index is 13.0. The van der Waals surface area contributed by atoms with E-state index in [0.717, 1.165) is 10.5 Å². The molecule has 0 saturated carbocycles. The summed E-state index contributed by atoms with van der Waals surface area (Å²) in [5.41, 5.74) is 8.31. The normalized spacial score (nSPS) is 10.4. The van der Waals surface area contributed by atoms with Gasteiger partial charge in [0.25, 0.3) is 11.6 Å². The van der Waals surface area contributed by atoms with Gasteiger partial charge >= 0.3 is 0 Å². The Morgan fingerprint density at radius 3 is 2.52 bits per heavy atom. The average molecular weight is 409 g/mol. The minimum atomic E-state index is -0.456. The fraction of sp³-hybridized carbons (Fsp3) is 0.0952. The smallest absolute Gasteiger partial charge is 0.269 e. The number of carbonyl (C=O) groups is 1. The number of rotatable bonds is 6. The molecule has 3 aromatic carbocycles. The van der Waals surface area contributed by atoms with Crippen molar-refractivity contribution in [3.8, 4) is 5.75 Å². The van der Waals surface area contributed by atoms with Crippen molar-refractivity contribution >= 4 is 34.7 Å². The number of nitro groups is 1. The fourth-order valence-corrected chi connectivity index (χ4v) is 3.71. The second-order valence-electron chi connectivity index (χ2n) is 6.23. The quantitative estimate of drug-likeness (QED) is 0.341. The first-order valence-electron chi connectivity index (χ1n) is 8.66. The first-order chi connectivity index (χ1) is 13.9. The summed E-state index contributed by atoms with van der Waals surface area (Å²) in [5.74, 6) is 0.187. The van der Waals surface area contributed by atoms with Crippen molar-refractivity contribution in [3.63, 3.8) is 0 Å². The SMILES string of the molecule is COc1cc(C)ccc1NC(=O)c1c(N)cccc1Sc1ccc([N+](=O)[O-])cc1. The summed E-state index contributed by atoms with van der Waals surface area (Å²) < 4.78 is 5.34. The number of nitrogens with one attached hydrogen (secondary N) is 1. The lowest BCUT2D eigenvalue weighted by molar-refractivity contribution is -0.384. The highest BCUT2D eigenvalue weighted by atomic mass is 32.2. The van der Waals surface area contributed by atoms with Gasteiger partial charge in [-0.1, -0.05) is 23.9 Å². The van der Waals surface area contributed by atoms with Gasteiger partial charge in [-0.2, -0.15) is 0 Å². The van der Waals surface area contributed by atoms with Crippen LogP contribution in [0.5, 0.6) is 5.75 Å². The van der Waals surface area contributed by atoms with Gasteiger partial charge < -0.3 is 15.8 Å². The van der Waals surface area contributed by atoms with Crippen LogP contribution in [0.4, 0.5) is 17.1 Å². The predicted molar refractivity (Wildman–Crippen MR) is 114 cm³/mol. The molecule has 3 N–H and O–H groups in total. The van der Waals surface area contributed by atoms with E-state index in [1.165, 1.54) is 31.0 Å². The van der Waals surface area contributed by atoms with E-state index in [1.54, 1.807) is 36.4 Å². The molecule has 0 radical (unpaired) electrons. The monoisotopic (exact) mass is 409 g/mol. The van der Waals surface area contributed by atoms with E-state index >= 15 is 0 Å². The third-order valence-corrected chi connectivity index (χ3v) is 5.23. The van der Waals surface area contributed by atoms with Crippen molar-refractivity contribution < 1.29 is 14.5 Å². The largest absolute Gasteiger partial charge is 0.495 e. The average Bonchev–Trinajstić information content (AvgIpc) is 2.69. The van der Waals surface area contributed by atoms with Crippen LogP contribution in [0.3, 0.4) is 0 Å². The second-order valence-corrected chi connectivity index (χ2v) is 7.35. The van der Waals surface area contributed by atoms with E-state index < -0.39 is 4.92 Å². The summed E-state index contributed by atoms with van der Waals surface area (Å²) in [6.07, 6.45) is 0.